The molecule has 0 saturated carbocycles. The summed E-state index contributed by atoms with van der Waals surface area (Å²) >= 11 is 3.72. The minimum Gasteiger partial charge on any atom is -0.130 e. The molecule has 2 aliphatic carbocycles. The van der Waals surface area contributed by atoms with E-state index < -0.39 is 8.80 Å². The second kappa shape index (κ2) is 4.40. The van der Waals surface area contributed by atoms with Gasteiger partial charge in [-0.05, 0) is 41.9 Å². The minimum absolute atomic E-state index is 0.693. The second-order valence-electron chi connectivity index (χ2n) is 4.05. The van der Waals surface area contributed by atoms with E-state index in [-0.39, 0.29) is 0 Å². The number of rotatable bonds is 3. The van der Waals surface area contributed by atoms with Gasteiger partial charge < -0.3 is 0 Å². The van der Waals surface area contributed by atoms with Crippen molar-refractivity contribution in [1.82, 2.24) is 0 Å². The third-order valence-electron chi connectivity index (χ3n) is 2.80. The fraction of sp³-hybridized carbons (Fsp3) is 0.333. The van der Waals surface area contributed by atoms with E-state index >= 15 is 0 Å². The molecule has 2 rings (SSSR count). The molecule has 0 aromatic heterocycles. The summed E-state index contributed by atoms with van der Waals surface area (Å²) in [7, 11) is -0.693. The molecule has 0 aromatic rings. The van der Waals surface area contributed by atoms with E-state index in [1.807, 2.05) is 23.5 Å². The average Bonchev–Trinajstić information content (AvgIpc) is 2.73. The van der Waals surface area contributed by atoms with Crippen LogP contribution in [0.5, 0.6) is 0 Å². The summed E-state index contributed by atoms with van der Waals surface area (Å²) in [6, 6.07) is 0. The van der Waals surface area contributed by atoms with Gasteiger partial charge in [-0.1, -0.05) is 18.3 Å². The lowest BCUT2D eigenvalue weighted by molar-refractivity contribution is 1.64. The summed E-state index contributed by atoms with van der Waals surface area (Å²) in [6.07, 6.45) is 11.4. The largest absolute Gasteiger partial charge is 0.130 e. The molecule has 80 valence electrons. The lowest BCUT2D eigenvalue weighted by Gasteiger charge is -2.03. The number of fused-ring (bicyclic) bond motifs is 1. The van der Waals surface area contributed by atoms with Gasteiger partial charge in [0.2, 0.25) is 0 Å². The molecule has 15 heavy (non-hydrogen) atoms. The summed E-state index contributed by atoms with van der Waals surface area (Å²) in [6.45, 7) is 4.81. The topological polar surface area (TPSA) is 0 Å². The van der Waals surface area contributed by atoms with Crippen LogP contribution in [0.15, 0.2) is 44.4 Å². The zero-order valence-corrected chi connectivity index (χ0v) is 12.4. The van der Waals surface area contributed by atoms with Crippen molar-refractivity contribution in [3.63, 3.8) is 0 Å². The van der Waals surface area contributed by atoms with Crippen LogP contribution in [0.2, 0.25) is 13.1 Å². The Morgan fingerprint density at radius 2 is 1.73 bits per heavy atom. The van der Waals surface area contributed by atoms with Gasteiger partial charge in [0.1, 0.15) is 0 Å². The first-order valence-electron chi connectivity index (χ1n) is 5.15. The van der Waals surface area contributed by atoms with Crippen molar-refractivity contribution in [2.45, 2.75) is 13.1 Å². The van der Waals surface area contributed by atoms with Crippen LogP contribution < -0.4 is 0 Å². The van der Waals surface area contributed by atoms with Crippen LogP contribution in [0.3, 0.4) is 0 Å². The fourth-order valence-corrected chi connectivity index (χ4v) is 4.57. The fourth-order valence-electron chi connectivity index (χ4n) is 1.99. The second-order valence-corrected chi connectivity index (χ2v) is 8.70. The Bertz CT molecular complexity index is 411. The van der Waals surface area contributed by atoms with Gasteiger partial charge in [0.15, 0.2) is 0 Å². The molecule has 0 heterocycles. The normalized spacial score (nSPS) is 19.4. The zero-order valence-electron chi connectivity index (χ0n) is 9.63. The maximum absolute atomic E-state index is 2.41. The van der Waals surface area contributed by atoms with E-state index in [0.29, 0.717) is 0 Å². The SMILES string of the molecule is CSC1=CC2=C([SiH](C)C)C=C(SC)C2=C1. The molecule has 0 spiro atoms. The maximum atomic E-state index is 2.41. The lowest BCUT2D eigenvalue weighted by atomic mass is 10.2. The van der Waals surface area contributed by atoms with Crippen LogP contribution in [-0.2, 0) is 0 Å². The Balaban J connectivity index is 2.45. The Morgan fingerprint density at radius 3 is 2.27 bits per heavy atom. The number of hydrogen-bond acceptors (Lipinski definition) is 2. The molecule has 0 aliphatic heterocycles. The third kappa shape index (κ3) is 1.93. The highest BCUT2D eigenvalue weighted by Gasteiger charge is 2.25. The van der Waals surface area contributed by atoms with Crippen LogP contribution in [-0.4, -0.2) is 21.3 Å². The van der Waals surface area contributed by atoms with Crippen LogP contribution in [0.25, 0.3) is 0 Å². The molecule has 0 saturated heterocycles. The van der Waals surface area contributed by atoms with Gasteiger partial charge in [-0.2, -0.15) is 0 Å². The highest BCUT2D eigenvalue weighted by Crippen LogP contribution is 2.44. The zero-order chi connectivity index (χ0) is 11.0. The molecule has 0 atom stereocenters. The van der Waals surface area contributed by atoms with Crippen LogP contribution in [0.4, 0.5) is 0 Å². The van der Waals surface area contributed by atoms with E-state index in [9.17, 15) is 0 Å². The lowest BCUT2D eigenvalue weighted by Crippen LogP contribution is -2.03. The van der Waals surface area contributed by atoms with Crippen molar-refractivity contribution in [3.05, 3.63) is 44.4 Å². The highest BCUT2D eigenvalue weighted by atomic mass is 32.2. The standard InChI is InChI=1S/C12H16S2Si/c1-13-8-5-9-10(6-8)12(15(3)4)7-11(9)14-2/h5-7,15H,1-4H3. The van der Waals surface area contributed by atoms with Crippen molar-refractivity contribution in [2.24, 2.45) is 0 Å². The number of thioether (sulfide) groups is 2. The summed E-state index contributed by atoms with van der Waals surface area (Å²) in [5.41, 5.74) is 2.99. The first-order chi connectivity index (χ1) is 7.17. The van der Waals surface area contributed by atoms with Crippen molar-refractivity contribution >= 4 is 32.3 Å². The van der Waals surface area contributed by atoms with Crippen molar-refractivity contribution in [1.29, 1.82) is 0 Å². The molecule has 0 amide bonds. The first-order valence-corrected chi connectivity index (χ1v) is 10.5. The predicted molar refractivity (Wildman–Crippen MR) is 77.2 cm³/mol. The smallest absolute Gasteiger partial charge is 0.0656 e. The van der Waals surface area contributed by atoms with Crippen molar-refractivity contribution in [2.75, 3.05) is 12.5 Å². The molecule has 0 unspecified atom stereocenters. The number of hydrogen-bond donors (Lipinski definition) is 0. The molecule has 0 bridgehead atoms. The van der Waals surface area contributed by atoms with Gasteiger partial charge in [0, 0.05) is 9.81 Å². The summed E-state index contributed by atoms with van der Waals surface area (Å²) < 4.78 is 0. The molecule has 0 radical (unpaired) electrons. The van der Waals surface area contributed by atoms with Gasteiger partial charge in [-0.15, -0.1) is 23.5 Å². The molecular weight excluding hydrogens is 236 g/mol. The van der Waals surface area contributed by atoms with Gasteiger partial charge in [0.05, 0.1) is 8.80 Å². The molecule has 2 aliphatic rings. The van der Waals surface area contributed by atoms with Gasteiger partial charge in [0.25, 0.3) is 0 Å². The highest BCUT2D eigenvalue weighted by molar-refractivity contribution is 8.03. The Morgan fingerprint density at radius 1 is 1.00 bits per heavy atom. The molecule has 0 nitrogen and oxygen atoms in total. The maximum Gasteiger partial charge on any atom is 0.0656 e. The first kappa shape index (κ1) is 11.4. The summed E-state index contributed by atoms with van der Waals surface area (Å²) in [5, 5.41) is 1.63. The molecule has 0 aromatic carbocycles. The summed E-state index contributed by atoms with van der Waals surface area (Å²) in [4.78, 5) is 2.87. The van der Waals surface area contributed by atoms with E-state index in [1.54, 1.807) is 5.20 Å². The Labute approximate surface area is 102 Å². The quantitative estimate of drug-likeness (QED) is 0.702. The van der Waals surface area contributed by atoms with Crippen molar-refractivity contribution < 1.29 is 0 Å². The Kier molecular flexibility index (Phi) is 3.33. The van der Waals surface area contributed by atoms with E-state index in [1.165, 1.54) is 21.0 Å². The van der Waals surface area contributed by atoms with E-state index in [2.05, 4.69) is 43.8 Å². The van der Waals surface area contributed by atoms with Gasteiger partial charge in [-0.3, -0.25) is 0 Å². The average molecular weight is 252 g/mol. The predicted octanol–water partition coefficient (Wildman–Crippen LogP) is 3.76. The van der Waals surface area contributed by atoms with E-state index in [0.717, 1.165) is 0 Å². The molecular formula is C12H16S2Si. The molecule has 0 fully saturated rings. The monoisotopic (exact) mass is 252 g/mol. The molecule has 3 heteroatoms. The van der Waals surface area contributed by atoms with E-state index in [4.69, 9.17) is 0 Å². The van der Waals surface area contributed by atoms with Crippen LogP contribution in [0, 0.1) is 0 Å². The van der Waals surface area contributed by atoms with Gasteiger partial charge in [-0.25, -0.2) is 0 Å². The third-order valence-corrected chi connectivity index (χ3v) is 6.01. The summed E-state index contributed by atoms with van der Waals surface area (Å²) in [5.74, 6) is 0. The van der Waals surface area contributed by atoms with Crippen LogP contribution in [0.1, 0.15) is 0 Å². The number of allylic oxidation sites excluding steroid dienone is 6. The van der Waals surface area contributed by atoms with Crippen molar-refractivity contribution in [3.8, 4) is 0 Å². The molecule has 0 N–H and O–H groups in total. The van der Waals surface area contributed by atoms with Crippen LogP contribution >= 0.6 is 23.5 Å². The minimum atomic E-state index is -0.693. The Hall–Kier alpha value is -0.123. The van der Waals surface area contributed by atoms with Gasteiger partial charge >= 0.3 is 0 Å².